The lowest BCUT2D eigenvalue weighted by Gasteiger charge is -2.06. The largest absolute Gasteiger partial charge is 0.491 e. The van der Waals surface area contributed by atoms with E-state index < -0.39 is 29.2 Å². The number of nitrogens with one attached hydrogen (secondary N) is 1. The average molecular weight is 219 g/mol. The number of aromatic carboxylic acids is 1. The molecule has 15 heavy (non-hydrogen) atoms. The van der Waals surface area contributed by atoms with Gasteiger partial charge in [-0.1, -0.05) is 0 Å². The van der Waals surface area contributed by atoms with Crippen molar-refractivity contribution in [3.8, 4) is 5.75 Å². The lowest BCUT2D eigenvalue weighted by Crippen LogP contribution is -2.16. The first kappa shape index (κ1) is 11.2. The van der Waals surface area contributed by atoms with Crippen LogP contribution in [0, 0.1) is 0 Å². The molecule has 0 unspecified atom stereocenters. The van der Waals surface area contributed by atoms with Gasteiger partial charge in [0.2, 0.25) is 0 Å². The number of methoxy groups -OCH3 is 1. The summed E-state index contributed by atoms with van der Waals surface area (Å²) >= 11 is 0. The third kappa shape index (κ3) is 2.12. The highest BCUT2D eigenvalue weighted by Crippen LogP contribution is 2.21. The molecule has 0 saturated carbocycles. The zero-order valence-corrected chi connectivity index (χ0v) is 7.58. The van der Waals surface area contributed by atoms with Crippen molar-refractivity contribution in [1.82, 2.24) is 4.98 Å². The maximum absolute atomic E-state index is 12.3. The van der Waals surface area contributed by atoms with Crippen molar-refractivity contribution in [2.45, 2.75) is 6.43 Å². The molecular formula is C8H7F2NO4. The normalized spacial score (nSPS) is 10.4. The fourth-order valence-electron chi connectivity index (χ4n) is 1.03. The topological polar surface area (TPSA) is 79.4 Å². The van der Waals surface area contributed by atoms with Gasteiger partial charge in [0.25, 0.3) is 12.0 Å². The Hall–Kier alpha value is -1.92. The smallest absolute Gasteiger partial charge is 0.337 e. The second kappa shape index (κ2) is 4.07. The number of ether oxygens (including phenoxy) is 1. The van der Waals surface area contributed by atoms with Crippen LogP contribution in [0.25, 0.3) is 0 Å². The van der Waals surface area contributed by atoms with E-state index in [-0.39, 0.29) is 5.75 Å². The summed E-state index contributed by atoms with van der Waals surface area (Å²) in [6.45, 7) is 0. The number of hydrogen-bond acceptors (Lipinski definition) is 3. The number of halogens is 2. The summed E-state index contributed by atoms with van der Waals surface area (Å²) in [5.74, 6) is -1.88. The maximum Gasteiger partial charge on any atom is 0.337 e. The number of pyridine rings is 1. The van der Waals surface area contributed by atoms with Gasteiger partial charge in [-0.25, -0.2) is 13.6 Å². The predicted molar refractivity (Wildman–Crippen MR) is 45.5 cm³/mol. The summed E-state index contributed by atoms with van der Waals surface area (Å²) in [6, 6.07) is 0.767. The van der Waals surface area contributed by atoms with Crippen LogP contribution in [-0.4, -0.2) is 23.2 Å². The number of aromatic nitrogens is 1. The van der Waals surface area contributed by atoms with Crippen molar-refractivity contribution in [2.24, 2.45) is 0 Å². The number of hydrogen-bond donors (Lipinski definition) is 2. The Morgan fingerprint density at radius 1 is 1.60 bits per heavy atom. The van der Waals surface area contributed by atoms with E-state index in [1.807, 2.05) is 0 Å². The van der Waals surface area contributed by atoms with E-state index in [0.717, 1.165) is 13.2 Å². The fraction of sp³-hybridized carbons (Fsp3) is 0.250. The number of rotatable bonds is 3. The third-order valence-corrected chi connectivity index (χ3v) is 1.71. The number of carbonyl (C=O) groups is 1. The Morgan fingerprint density at radius 2 is 2.20 bits per heavy atom. The molecule has 0 amide bonds. The van der Waals surface area contributed by atoms with Gasteiger partial charge in [-0.05, 0) is 0 Å². The number of alkyl halides is 2. The number of H-pyrrole nitrogens is 1. The van der Waals surface area contributed by atoms with Crippen LogP contribution < -0.4 is 10.3 Å². The van der Waals surface area contributed by atoms with E-state index in [0.29, 0.717) is 0 Å². The molecule has 5 nitrogen and oxygen atoms in total. The minimum atomic E-state index is -3.06. The van der Waals surface area contributed by atoms with Crippen molar-refractivity contribution in [2.75, 3.05) is 7.11 Å². The molecule has 1 aromatic heterocycles. The SMILES string of the molecule is COc1cc(C(=O)O)c(C(F)F)[nH]c1=O. The molecule has 0 aliphatic rings. The lowest BCUT2D eigenvalue weighted by molar-refractivity contribution is 0.0681. The van der Waals surface area contributed by atoms with Gasteiger partial charge in [0, 0.05) is 6.07 Å². The van der Waals surface area contributed by atoms with Gasteiger partial charge < -0.3 is 14.8 Å². The van der Waals surface area contributed by atoms with Crippen LogP contribution in [-0.2, 0) is 0 Å². The van der Waals surface area contributed by atoms with Crippen LogP contribution >= 0.6 is 0 Å². The second-order valence-corrected chi connectivity index (χ2v) is 2.60. The summed E-state index contributed by atoms with van der Waals surface area (Å²) in [5, 5.41) is 8.61. The summed E-state index contributed by atoms with van der Waals surface area (Å²) in [6.07, 6.45) is -3.06. The average Bonchev–Trinajstić information content (AvgIpc) is 2.16. The summed E-state index contributed by atoms with van der Waals surface area (Å²) in [4.78, 5) is 23.4. The molecule has 0 radical (unpaired) electrons. The van der Waals surface area contributed by atoms with Crippen LogP contribution in [0.4, 0.5) is 8.78 Å². The van der Waals surface area contributed by atoms with Gasteiger partial charge >= 0.3 is 5.97 Å². The second-order valence-electron chi connectivity index (χ2n) is 2.60. The monoisotopic (exact) mass is 219 g/mol. The molecule has 0 aliphatic carbocycles. The highest BCUT2D eigenvalue weighted by molar-refractivity contribution is 5.89. The van der Waals surface area contributed by atoms with E-state index >= 15 is 0 Å². The minimum absolute atomic E-state index is 0.322. The molecule has 1 heterocycles. The quantitative estimate of drug-likeness (QED) is 0.795. The maximum atomic E-state index is 12.3. The van der Waals surface area contributed by atoms with Crippen LogP contribution in [0.1, 0.15) is 22.5 Å². The highest BCUT2D eigenvalue weighted by Gasteiger charge is 2.21. The van der Waals surface area contributed by atoms with Gasteiger partial charge in [0.05, 0.1) is 18.4 Å². The van der Waals surface area contributed by atoms with Crippen LogP contribution in [0.2, 0.25) is 0 Å². The van der Waals surface area contributed by atoms with E-state index in [9.17, 15) is 18.4 Å². The summed E-state index contributed by atoms with van der Waals surface area (Å²) < 4.78 is 29.2. The highest BCUT2D eigenvalue weighted by atomic mass is 19.3. The van der Waals surface area contributed by atoms with Crippen molar-refractivity contribution in [3.05, 3.63) is 27.7 Å². The zero-order chi connectivity index (χ0) is 11.6. The number of carboxylic acid groups (broad SMARTS) is 1. The molecule has 0 bridgehead atoms. The van der Waals surface area contributed by atoms with Gasteiger partial charge in [-0.2, -0.15) is 0 Å². The first-order valence-electron chi connectivity index (χ1n) is 3.80. The molecular weight excluding hydrogens is 212 g/mol. The molecule has 1 aromatic rings. The Balaban J connectivity index is 3.46. The number of aromatic amines is 1. The zero-order valence-electron chi connectivity index (χ0n) is 7.58. The third-order valence-electron chi connectivity index (χ3n) is 1.71. The van der Waals surface area contributed by atoms with Gasteiger partial charge in [-0.15, -0.1) is 0 Å². The molecule has 82 valence electrons. The van der Waals surface area contributed by atoms with Crippen molar-refractivity contribution in [1.29, 1.82) is 0 Å². The molecule has 1 rings (SSSR count). The molecule has 0 fully saturated rings. The van der Waals surface area contributed by atoms with E-state index in [1.54, 1.807) is 4.98 Å². The molecule has 7 heteroatoms. The Kier molecular flexibility index (Phi) is 3.03. The van der Waals surface area contributed by atoms with E-state index in [2.05, 4.69) is 4.74 Å². The van der Waals surface area contributed by atoms with Crippen molar-refractivity contribution < 1.29 is 23.4 Å². The first-order valence-corrected chi connectivity index (χ1v) is 3.80. The molecule has 0 atom stereocenters. The van der Waals surface area contributed by atoms with Crippen LogP contribution in [0.15, 0.2) is 10.9 Å². The minimum Gasteiger partial charge on any atom is -0.491 e. The van der Waals surface area contributed by atoms with Gasteiger partial charge in [0.15, 0.2) is 5.75 Å². The molecule has 0 aromatic carbocycles. The molecule has 0 saturated heterocycles. The standard InChI is InChI=1S/C8H7F2NO4/c1-15-4-2-3(8(13)14)5(6(9)10)11-7(4)12/h2,6H,1H3,(H,11,12)(H,13,14). The lowest BCUT2D eigenvalue weighted by atomic mass is 10.2. The first-order chi connectivity index (χ1) is 6.97. The van der Waals surface area contributed by atoms with Crippen molar-refractivity contribution in [3.63, 3.8) is 0 Å². The number of carboxylic acids is 1. The van der Waals surface area contributed by atoms with Crippen molar-refractivity contribution >= 4 is 5.97 Å². The van der Waals surface area contributed by atoms with E-state index in [1.165, 1.54) is 0 Å². The summed E-state index contributed by atoms with van der Waals surface area (Å²) in [7, 11) is 1.14. The molecule has 0 aliphatic heterocycles. The van der Waals surface area contributed by atoms with Crippen LogP contribution in [0.5, 0.6) is 5.75 Å². The Morgan fingerprint density at radius 3 is 2.60 bits per heavy atom. The predicted octanol–water partition coefficient (Wildman–Crippen LogP) is 1.02. The Labute approximate surface area is 82.3 Å². The van der Waals surface area contributed by atoms with Crippen LogP contribution in [0.3, 0.4) is 0 Å². The van der Waals surface area contributed by atoms with Gasteiger partial charge in [-0.3, -0.25) is 4.79 Å². The van der Waals surface area contributed by atoms with Gasteiger partial charge in [0.1, 0.15) is 0 Å². The van der Waals surface area contributed by atoms with E-state index in [4.69, 9.17) is 5.11 Å². The molecule has 2 N–H and O–H groups in total. The molecule has 0 spiro atoms. The Bertz CT molecular complexity index is 441. The fourth-order valence-corrected chi connectivity index (χ4v) is 1.03. The summed E-state index contributed by atoms with van der Waals surface area (Å²) in [5.41, 5.74) is -2.49.